The number of sulfonamides is 1. The maximum absolute atomic E-state index is 12.1. The number of thiophene rings is 1. The van der Waals surface area contributed by atoms with E-state index in [-0.39, 0.29) is 23.5 Å². The first-order chi connectivity index (χ1) is 9.51. The standard InChI is InChI=1S/C12H20N2O4S2/c1-14-5-7-18-10(9-14)8-13-20(16,17)12-3-2-11(19-12)4-6-15/h2-3,10,13,15H,4-9H2,1H3. The average molecular weight is 320 g/mol. The highest BCUT2D eigenvalue weighted by molar-refractivity contribution is 7.91. The smallest absolute Gasteiger partial charge is 0.250 e. The van der Waals surface area contributed by atoms with Gasteiger partial charge in [-0.3, -0.25) is 0 Å². The number of rotatable bonds is 6. The highest BCUT2D eigenvalue weighted by atomic mass is 32.2. The molecule has 0 radical (unpaired) electrons. The molecule has 1 unspecified atom stereocenters. The lowest BCUT2D eigenvalue weighted by Gasteiger charge is -2.29. The van der Waals surface area contributed by atoms with Crippen molar-refractivity contribution in [2.75, 3.05) is 39.9 Å². The van der Waals surface area contributed by atoms with E-state index in [0.717, 1.165) is 18.0 Å². The number of hydrogen-bond donors (Lipinski definition) is 2. The number of aliphatic hydroxyl groups excluding tert-OH is 1. The van der Waals surface area contributed by atoms with Gasteiger partial charge < -0.3 is 14.7 Å². The van der Waals surface area contributed by atoms with Crippen molar-refractivity contribution in [3.05, 3.63) is 17.0 Å². The Balaban J connectivity index is 1.92. The second-order valence-corrected chi connectivity index (χ2v) is 7.96. The Bertz CT molecular complexity index is 529. The minimum atomic E-state index is -3.49. The summed E-state index contributed by atoms with van der Waals surface area (Å²) in [7, 11) is -1.50. The third kappa shape index (κ3) is 4.24. The van der Waals surface area contributed by atoms with Gasteiger partial charge in [-0.05, 0) is 19.2 Å². The van der Waals surface area contributed by atoms with Gasteiger partial charge in [0.2, 0.25) is 10.0 Å². The molecule has 1 fully saturated rings. The monoisotopic (exact) mass is 320 g/mol. The largest absolute Gasteiger partial charge is 0.396 e. The molecule has 1 aromatic rings. The van der Waals surface area contributed by atoms with Gasteiger partial charge in [0.15, 0.2) is 0 Å². The van der Waals surface area contributed by atoms with Crippen LogP contribution in [0.2, 0.25) is 0 Å². The molecule has 6 nitrogen and oxygen atoms in total. The first-order valence-corrected chi connectivity index (χ1v) is 8.80. The van der Waals surface area contributed by atoms with Gasteiger partial charge in [0.05, 0.1) is 12.7 Å². The molecule has 1 aromatic heterocycles. The Morgan fingerprint density at radius 3 is 3.05 bits per heavy atom. The van der Waals surface area contributed by atoms with Crippen molar-refractivity contribution in [1.82, 2.24) is 9.62 Å². The number of likely N-dealkylation sites (N-methyl/N-ethyl adjacent to an activating group) is 1. The van der Waals surface area contributed by atoms with Crippen molar-refractivity contribution in [2.24, 2.45) is 0 Å². The van der Waals surface area contributed by atoms with Gasteiger partial charge in [-0.1, -0.05) is 0 Å². The molecule has 1 saturated heterocycles. The second kappa shape index (κ2) is 6.97. The highest BCUT2D eigenvalue weighted by Gasteiger charge is 2.22. The van der Waals surface area contributed by atoms with Crippen LogP contribution in [0.4, 0.5) is 0 Å². The van der Waals surface area contributed by atoms with E-state index in [1.165, 1.54) is 11.3 Å². The molecular formula is C12H20N2O4S2. The number of nitrogens with one attached hydrogen (secondary N) is 1. The summed E-state index contributed by atoms with van der Waals surface area (Å²) < 4.78 is 32.7. The van der Waals surface area contributed by atoms with Gasteiger partial charge in [0.25, 0.3) is 0 Å². The van der Waals surface area contributed by atoms with E-state index in [1.807, 2.05) is 7.05 Å². The van der Waals surface area contributed by atoms with Crippen molar-refractivity contribution < 1.29 is 18.3 Å². The normalized spacial score (nSPS) is 21.2. The molecule has 1 atom stereocenters. The topological polar surface area (TPSA) is 78.9 Å². The molecule has 0 aliphatic carbocycles. The molecule has 2 heterocycles. The minimum absolute atomic E-state index is 0.0235. The molecule has 20 heavy (non-hydrogen) atoms. The summed E-state index contributed by atoms with van der Waals surface area (Å²) in [5, 5.41) is 8.85. The maximum atomic E-state index is 12.1. The predicted octanol–water partition coefficient (Wildman–Crippen LogP) is -0.108. The van der Waals surface area contributed by atoms with E-state index >= 15 is 0 Å². The van der Waals surface area contributed by atoms with Gasteiger partial charge in [-0.2, -0.15) is 0 Å². The number of nitrogens with zero attached hydrogens (tertiary/aromatic N) is 1. The summed E-state index contributed by atoms with van der Waals surface area (Å²) in [5.41, 5.74) is 0. The molecular weight excluding hydrogens is 300 g/mol. The fraction of sp³-hybridized carbons (Fsp3) is 0.667. The third-order valence-electron chi connectivity index (χ3n) is 3.10. The molecule has 8 heteroatoms. The van der Waals surface area contributed by atoms with E-state index in [1.54, 1.807) is 12.1 Å². The van der Waals surface area contributed by atoms with Crippen LogP contribution >= 0.6 is 11.3 Å². The van der Waals surface area contributed by atoms with Crippen LogP contribution < -0.4 is 4.72 Å². The number of morpholine rings is 1. The predicted molar refractivity (Wildman–Crippen MR) is 77.5 cm³/mol. The molecule has 0 saturated carbocycles. The van der Waals surface area contributed by atoms with Crippen LogP contribution in [0, 0.1) is 0 Å². The van der Waals surface area contributed by atoms with Gasteiger partial charge >= 0.3 is 0 Å². The molecule has 0 spiro atoms. The Hall–Kier alpha value is -0.510. The minimum Gasteiger partial charge on any atom is -0.396 e. The zero-order valence-corrected chi connectivity index (χ0v) is 13.0. The quantitative estimate of drug-likeness (QED) is 0.765. The molecule has 1 aliphatic heterocycles. The first kappa shape index (κ1) is 15.9. The van der Waals surface area contributed by atoms with Crippen molar-refractivity contribution >= 4 is 21.4 Å². The number of hydrogen-bond acceptors (Lipinski definition) is 6. The fourth-order valence-electron chi connectivity index (χ4n) is 2.01. The molecule has 0 amide bonds. The van der Waals surface area contributed by atoms with E-state index in [2.05, 4.69) is 9.62 Å². The Labute approximate surface area is 123 Å². The third-order valence-corrected chi connectivity index (χ3v) is 6.16. The van der Waals surface area contributed by atoms with Gasteiger partial charge in [0.1, 0.15) is 4.21 Å². The van der Waals surface area contributed by atoms with Crippen LogP contribution in [0.3, 0.4) is 0 Å². The van der Waals surface area contributed by atoms with Gasteiger partial charge in [0, 0.05) is 37.5 Å². The van der Waals surface area contributed by atoms with Crippen molar-refractivity contribution in [3.8, 4) is 0 Å². The fourth-order valence-corrected chi connectivity index (χ4v) is 4.47. The van der Waals surface area contributed by atoms with Crippen LogP contribution in [-0.4, -0.2) is 64.4 Å². The van der Waals surface area contributed by atoms with E-state index in [0.29, 0.717) is 13.0 Å². The molecule has 2 rings (SSSR count). The zero-order valence-electron chi connectivity index (χ0n) is 11.4. The van der Waals surface area contributed by atoms with Crippen molar-refractivity contribution in [2.45, 2.75) is 16.7 Å². The number of aliphatic hydroxyl groups is 1. The number of ether oxygens (including phenoxy) is 1. The van der Waals surface area contributed by atoms with Crippen molar-refractivity contribution in [3.63, 3.8) is 0 Å². The summed E-state index contributed by atoms with van der Waals surface area (Å²) in [6, 6.07) is 3.31. The van der Waals surface area contributed by atoms with Crippen LogP contribution in [-0.2, 0) is 21.2 Å². The van der Waals surface area contributed by atoms with Crippen molar-refractivity contribution in [1.29, 1.82) is 0 Å². The first-order valence-electron chi connectivity index (χ1n) is 6.50. The van der Waals surface area contributed by atoms with Crippen LogP contribution in [0.5, 0.6) is 0 Å². The maximum Gasteiger partial charge on any atom is 0.250 e. The van der Waals surface area contributed by atoms with Crippen LogP contribution in [0.25, 0.3) is 0 Å². The van der Waals surface area contributed by atoms with Gasteiger partial charge in [-0.15, -0.1) is 11.3 Å². The van der Waals surface area contributed by atoms with E-state index in [4.69, 9.17) is 9.84 Å². The Kier molecular flexibility index (Phi) is 5.53. The van der Waals surface area contributed by atoms with Crippen LogP contribution in [0.1, 0.15) is 4.88 Å². The lowest BCUT2D eigenvalue weighted by molar-refractivity contribution is -0.0156. The zero-order chi connectivity index (χ0) is 14.6. The average Bonchev–Trinajstić information content (AvgIpc) is 2.87. The SMILES string of the molecule is CN1CCOC(CNS(=O)(=O)c2ccc(CCO)s2)C1. The summed E-state index contributed by atoms with van der Waals surface area (Å²) in [5.74, 6) is 0. The Morgan fingerprint density at radius 1 is 1.55 bits per heavy atom. The molecule has 0 bridgehead atoms. The molecule has 1 aliphatic rings. The highest BCUT2D eigenvalue weighted by Crippen LogP contribution is 2.21. The van der Waals surface area contributed by atoms with Gasteiger partial charge in [-0.25, -0.2) is 13.1 Å². The van der Waals surface area contributed by atoms with E-state index in [9.17, 15) is 8.42 Å². The van der Waals surface area contributed by atoms with Crippen LogP contribution in [0.15, 0.2) is 16.3 Å². The Morgan fingerprint density at radius 2 is 2.35 bits per heavy atom. The lowest BCUT2D eigenvalue weighted by atomic mass is 10.3. The molecule has 2 N–H and O–H groups in total. The summed E-state index contributed by atoms with van der Waals surface area (Å²) >= 11 is 1.19. The molecule has 114 valence electrons. The van der Waals surface area contributed by atoms with E-state index < -0.39 is 10.0 Å². The summed E-state index contributed by atoms with van der Waals surface area (Å²) in [6.45, 7) is 2.53. The second-order valence-electron chi connectivity index (χ2n) is 4.80. The molecule has 0 aromatic carbocycles. The summed E-state index contributed by atoms with van der Waals surface area (Å²) in [4.78, 5) is 2.98. The summed E-state index contributed by atoms with van der Waals surface area (Å²) in [6.07, 6.45) is 0.372. The lowest BCUT2D eigenvalue weighted by Crippen LogP contribution is -2.45.